The highest BCUT2D eigenvalue weighted by Crippen LogP contribution is 2.67. The van der Waals surface area contributed by atoms with Gasteiger partial charge in [0.1, 0.15) is 0 Å². The van der Waals surface area contributed by atoms with Crippen molar-refractivity contribution in [1.29, 1.82) is 0 Å². The Balaban J connectivity index is 1.60. The lowest BCUT2D eigenvalue weighted by Gasteiger charge is -2.61. The van der Waals surface area contributed by atoms with Crippen LogP contribution >= 0.6 is 0 Å². The fourth-order valence-corrected chi connectivity index (χ4v) is 9.70. The Bertz CT molecular complexity index is 344. The first-order valence-electron chi connectivity index (χ1n) is 9.72. The molecule has 4 aliphatic rings. The van der Waals surface area contributed by atoms with E-state index in [1.54, 1.807) is 38.5 Å². The van der Waals surface area contributed by atoms with E-state index in [1.165, 1.54) is 32.1 Å². The fourth-order valence-electron chi connectivity index (χ4n) is 6.14. The second-order valence-electron chi connectivity index (χ2n) is 9.17. The van der Waals surface area contributed by atoms with Crippen molar-refractivity contribution in [1.82, 2.24) is 0 Å². The molecule has 4 fully saturated rings. The Hall–Kier alpha value is -0.0431. The minimum Gasteiger partial charge on any atom is -0.0981 e. The normalized spacial score (nSPS) is 38.5. The Kier molecular flexibility index (Phi) is 4.69. The van der Waals surface area contributed by atoms with E-state index < -0.39 is 8.07 Å². The molecule has 0 nitrogen and oxygen atoms in total. The molecule has 0 aliphatic heterocycles. The van der Waals surface area contributed by atoms with Crippen LogP contribution in [0, 0.1) is 17.8 Å². The standard InChI is InChI=1S/C20H36Si/c1-4-5-6-7-8-9-10-21(2,3)20-14-17-11-18(15-20)13-19(12-17)16-20/h9-10,17-19H,4-8,11-16H2,1-3H3. The largest absolute Gasteiger partial charge is 0.0981 e. The summed E-state index contributed by atoms with van der Waals surface area (Å²) in [7, 11) is -1.20. The van der Waals surface area contributed by atoms with Gasteiger partial charge in [0.05, 0.1) is 8.07 Å². The molecule has 1 heteroatoms. The van der Waals surface area contributed by atoms with Gasteiger partial charge in [0.25, 0.3) is 0 Å². The number of allylic oxidation sites excluding steroid dienone is 1. The molecule has 0 unspecified atom stereocenters. The lowest BCUT2D eigenvalue weighted by molar-refractivity contribution is 0.0256. The molecule has 0 aromatic heterocycles. The van der Waals surface area contributed by atoms with Gasteiger partial charge in [-0.05, 0) is 74.2 Å². The van der Waals surface area contributed by atoms with Crippen molar-refractivity contribution in [2.45, 2.75) is 95.7 Å². The van der Waals surface area contributed by atoms with Crippen LogP contribution in [0.5, 0.6) is 0 Å². The molecule has 21 heavy (non-hydrogen) atoms. The van der Waals surface area contributed by atoms with Crippen LogP contribution in [-0.4, -0.2) is 8.07 Å². The van der Waals surface area contributed by atoms with Gasteiger partial charge in [0, 0.05) is 0 Å². The van der Waals surface area contributed by atoms with E-state index in [0.717, 1.165) is 22.8 Å². The van der Waals surface area contributed by atoms with Crippen LogP contribution in [0.15, 0.2) is 11.8 Å². The van der Waals surface area contributed by atoms with Crippen molar-refractivity contribution in [3.8, 4) is 0 Å². The maximum absolute atomic E-state index is 2.76. The molecule has 4 rings (SSSR count). The van der Waals surface area contributed by atoms with Crippen LogP contribution in [0.3, 0.4) is 0 Å². The highest BCUT2D eigenvalue weighted by molar-refractivity contribution is 6.85. The van der Waals surface area contributed by atoms with Gasteiger partial charge >= 0.3 is 0 Å². The second kappa shape index (κ2) is 6.22. The molecule has 0 aromatic carbocycles. The summed E-state index contributed by atoms with van der Waals surface area (Å²) in [5.74, 6) is 3.34. The topological polar surface area (TPSA) is 0 Å². The molecule has 4 saturated carbocycles. The minimum absolute atomic E-state index is 0.793. The molecule has 0 N–H and O–H groups in total. The zero-order chi connectivity index (χ0) is 14.9. The third kappa shape index (κ3) is 3.18. The van der Waals surface area contributed by atoms with Crippen molar-refractivity contribution < 1.29 is 0 Å². The lowest BCUT2D eigenvalue weighted by atomic mass is 9.56. The average Bonchev–Trinajstić information content (AvgIpc) is 2.41. The average molecular weight is 305 g/mol. The SMILES string of the molecule is CCCCCCC=C[Si](C)(C)C12CC3CC(CC(C3)C1)C2. The zero-order valence-corrected chi connectivity index (χ0v) is 15.7. The Morgan fingerprint density at radius 3 is 2.00 bits per heavy atom. The molecule has 120 valence electrons. The molecule has 0 saturated heterocycles. The lowest BCUT2D eigenvalue weighted by Crippen LogP contribution is -2.53. The second-order valence-corrected chi connectivity index (χ2v) is 14.0. The molecule has 4 bridgehead atoms. The monoisotopic (exact) mass is 304 g/mol. The highest BCUT2D eigenvalue weighted by atomic mass is 28.3. The van der Waals surface area contributed by atoms with Crippen molar-refractivity contribution in [3.05, 3.63) is 11.8 Å². The fraction of sp³-hybridized carbons (Fsp3) is 0.900. The maximum atomic E-state index is 2.76. The van der Waals surface area contributed by atoms with E-state index in [-0.39, 0.29) is 0 Å². The summed E-state index contributed by atoms with van der Waals surface area (Å²) in [6.45, 7) is 7.67. The first kappa shape index (κ1) is 15.8. The van der Waals surface area contributed by atoms with Gasteiger partial charge in [-0.15, -0.1) is 0 Å². The maximum Gasteiger partial charge on any atom is 0.0774 e. The predicted octanol–water partition coefficient (Wildman–Crippen LogP) is 6.73. The van der Waals surface area contributed by atoms with Gasteiger partial charge in [0.15, 0.2) is 0 Å². The third-order valence-electron chi connectivity index (χ3n) is 7.16. The molecular formula is C20H36Si. The summed E-state index contributed by atoms with van der Waals surface area (Å²) in [5, 5.41) is 0.793. The smallest absolute Gasteiger partial charge is 0.0774 e. The number of unbranched alkanes of at least 4 members (excludes halogenated alkanes) is 4. The van der Waals surface area contributed by atoms with Crippen LogP contribution in [0.25, 0.3) is 0 Å². The summed E-state index contributed by atoms with van der Waals surface area (Å²) in [5.41, 5.74) is 2.76. The zero-order valence-electron chi connectivity index (χ0n) is 14.7. The summed E-state index contributed by atoms with van der Waals surface area (Å²) in [6, 6.07) is 0. The van der Waals surface area contributed by atoms with Crippen LogP contribution in [-0.2, 0) is 0 Å². The molecule has 0 spiro atoms. The van der Waals surface area contributed by atoms with Gasteiger partial charge < -0.3 is 0 Å². The molecular weight excluding hydrogens is 268 g/mol. The van der Waals surface area contributed by atoms with Crippen LogP contribution in [0.1, 0.15) is 77.6 Å². The Morgan fingerprint density at radius 2 is 1.48 bits per heavy atom. The number of rotatable bonds is 7. The molecule has 0 aromatic rings. The number of hydrogen-bond acceptors (Lipinski definition) is 0. The molecule has 0 heterocycles. The minimum atomic E-state index is -1.20. The van der Waals surface area contributed by atoms with E-state index in [9.17, 15) is 0 Å². The van der Waals surface area contributed by atoms with Crippen molar-refractivity contribution in [2.75, 3.05) is 0 Å². The van der Waals surface area contributed by atoms with Crippen molar-refractivity contribution >= 4 is 8.07 Å². The van der Waals surface area contributed by atoms with Gasteiger partial charge in [-0.3, -0.25) is 0 Å². The first-order valence-corrected chi connectivity index (χ1v) is 12.8. The van der Waals surface area contributed by atoms with Gasteiger partial charge in [-0.2, -0.15) is 0 Å². The summed E-state index contributed by atoms with van der Waals surface area (Å²) < 4.78 is 0. The summed E-state index contributed by atoms with van der Waals surface area (Å²) in [6.07, 6.45) is 19.1. The summed E-state index contributed by atoms with van der Waals surface area (Å²) >= 11 is 0. The van der Waals surface area contributed by atoms with E-state index in [0.29, 0.717) is 0 Å². The Labute approximate surface area is 133 Å². The molecule has 0 radical (unpaired) electrons. The van der Waals surface area contributed by atoms with Crippen LogP contribution in [0.2, 0.25) is 18.1 Å². The third-order valence-corrected chi connectivity index (χ3v) is 11.6. The molecule has 0 amide bonds. The van der Waals surface area contributed by atoms with Crippen LogP contribution in [0.4, 0.5) is 0 Å². The van der Waals surface area contributed by atoms with Gasteiger partial charge in [-0.1, -0.05) is 51.1 Å². The summed E-state index contributed by atoms with van der Waals surface area (Å²) in [4.78, 5) is 0. The quantitative estimate of drug-likeness (QED) is 0.361. The van der Waals surface area contributed by atoms with Gasteiger partial charge in [0.2, 0.25) is 0 Å². The van der Waals surface area contributed by atoms with E-state index in [1.807, 2.05) is 0 Å². The molecule has 0 atom stereocenters. The van der Waals surface area contributed by atoms with E-state index >= 15 is 0 Å². The van der Waals surface area contributed by atoms with E-state index in [2.05, 4.69) is 31.8 Å². The van der Waals surface area contributed by atoms with Gasteiger partial charge in [-0.25, -0.2) is 0 Å². The first-order chi connectivity index (χ1) is 10.0. The Morgan fingerprint density at radius 1 is 0.905 bits per heavy atom. The van der Waals surface area contributed by atoms with Crippen molar-refractivity contribution in [2.24, 2.45) is 17.8 Å². The predicted molar refractivity (Wildman–Crippen MR) is 96.2 cm³/mol. The van der Waals surface area contributed by atoms with Crippen molar-refractivity contribution in [3.63, 3.8) is 0 Å². The van der Waals surface area contributed by atoms with E-state index in [4.69, 9.17) is 0 Å². The highest BCUT2D eigenvalue weighted by Gasteiger charge is 2.56. The molecule has 4 aliphatic carbocycles. The number of hydrogen-bond donors (Lipinski definition) is 0. The van der Waals surface area contributed by atoms with Crippen LogP contribution < -0.4 is 0 Å².